The maximum absolute atomic E-state index is 14.1. The molecule has 3 heterocycles. The van der Waals surface area contributed by atoms with Crippen molar-refractivity contribution in [3.63, 3.8) is 0 Å². The van der Waals surface area contributed by atoms with Gasteiger partial charge in [0, 0.05) is 30.9 Å². The molecular formula is C48H55N6O9P. The number of hydrogen-bond donors (Lipinski definition) is 1. The molecule has 2 aliphatic rings. The molecule has 2 saturated heterocycles. The number of fused-ring (bicyclic) bond motifs is 2. The van der Waals surface area contributed by atoms with Gasteiger partial charge < -0.3 is 33.3 Å². The lowest BCUT2D eigenvalue weighted by molar-refractivity contribution is -0.258. The molecule has 1 N–H and O–H groups in total. The van der Waals surface area contributed by atoms with Crippen LogP contribution in [0, 0.1) is 11.3 Å². The normalized spacial score (nSPS) is 20.3. The van der Waals surface area contributed by atoms with Crippen molar-refractivity contribution >= 4 is 20.3 Å². The van der Waals surface area contributed by atoms with Gasteiger partial charge in [-0.3, -0.25) is 14.2 Å². The van der Waals surface area contributed by atoms with Gasteiger partial charge in [0.2, 0.25) is 0 Å². The number of hydroxylamine groups is 2. The lowest BCUT2D eigenvalue weighted by Crippen LogP contribution is -2.61. The van der Waals surface area contributed by atoms with E-state index < -0.39 is 49.8 Å². The van der Waals surface area contributed by atoms with Gasteiger partial charge >= 0.3 is 5.69 Å². The number of carbonyl (C=O) groups excluding carboxylic acids is 1. The molecule has 1 unspecified atom stereocenters. The Kier molecular flexibility index (Phi) is 14.9. The van der Waals surface area contributed by atoms with E-state index in [1.54, 1.807) is 56.7 Å². The summed E-state index contributed by atoms with van der Waals surface area (Å²) in [4.78, 5) is 37.9. The smallest absolute Gasteiger partial charge is 0.351 e. The number of nitrogens with one attached hydrogen (secondary N) is 1. The first-order chi connectivity index (χ1) is 30.9. The van der Waals surface area contributed by atoms with Crippen LogP contribution in [0.1, 0.15) is 67.4 Å². The van der Waals surface area contributed by atoms with Crippen LogP contribution in [0.25, 0.3) is 0 Å². The minimum Gasteiger partial charge on any atom is -0.497 e. The minimum absolute atomic E-state index is 0.0108. The largest absolute Gasteiger partial charge is 0.497 e. The van der Waals surface area contributed by atoms with Crippen molar-refractivity contribution in [3.05, 3.63) is 154 Å². The maximum atomic E-state index is 14.1. The number of likely N-dealkylation sites (N-methyl/N-ethyl adjacent to an activating group) is 1. The molecule has 0 saturated carbocycles. The summed E-state index contributed by atoms with van der Waals surface area (Å²) in [5.74, 6) is 1.02. The Labute approximate surface area is 375 Å². The molecule has 0 spiro atoms. The monoisotopic (exact) mass is 890 g/mol. The predicted molar refractivity (Wildman–Crippen MR) is 242 cm³/mol. The molecule has 2 fully saturated rings. The Balaban J connectivity index is 1.35. The number of anilines is 1. The summed E-state index contributed by atoms with van der Waals surface area (Å²) in [6.45, 7) is 8.45. The highest BCUT2D eigenvalue weighted by atomic mass is 31.2. The lowest BCUT2D eigenvalue weighted by atomic mass is 9.79. The van der Waals surface area contributed by atoms with E-state index in [0.29, 0.717) is 17.1 Å². The Hall–Kier alpha value is -5.53. The fourth-order valence-corrected chi connectivity index (χ4v) is 10.2. The molecule has 5 atom stereocenters. The number of rotatable bonds is 19. The zero-order valence-electron chi connectivity index (χ0n) is 37.1. The summed E-state index contributed by atoms with van der Waals surface area (Å²) in [6, 6.07) is 37.8. The molecule has 336 valence electrons. The highest BCUT2D eigenvalue weighted by Crippen LogP contribution is 2.55. The molecule has 0 radical (unpaired) electrons. The molecule has 7 rings (SSSR count). The number of nitriles is 1. The van der Waals surface area contributed by atoms with E-state index in [1.807, 2.05) is 84.9 Å². The summed E-state index contributed by atoms with van der Waals surface area (Å²) in [5.41, 5.74) is -0.358. The van der Waals surface area contributed by atoms with Gasteiger partial charge in [-0.1, -0.05) is 72.8 Å². The van der Waals surface area contributed by atoms with Crippen molar-refractivity contribution in [1.82, 2.24) is 19.3 Å². The molecule has 2 bridgehead atoms. The lowest BCUT2D eigenvalue weighted by Gasteiger charge is -2.46. The van der Waals surface area contributed by atoms with Crippen LogP contribution in [0.4, 0.5) is 5.82 Å². The van der Waals surface area contributed by atoms with Gasteiger partial charge in [-0.2, -0.15) is 15.3 Å². The second kappa shape index (κ2) is 20.5. The zero-order chi connectivity index (χ0) is 45.4. The third-order valence-electron chi connectivity index (χ3n) is 11.2. The third-order valence-corrected chi connectivity index (χ3v) is 13.3. The van der Waals surface area contributed by atoms with Gasteiger partial charge in [-0.25, -0.2) is 9.46 Å². The van der Waals surface area contributed by atoms with Crippen LogP contribution in [0.3, 0.4) is 0 Å². The first-order valence-electron chi connectivity index (χ1n) is 21.2. The van der Waals surface area contributed by atoms with Gasteiger partial charge in [0.15, 0.2) is 12.3 Å². The van der Waals surface area contributed by atoms with Crippen LogP contribution in [0.15, 0.2) is 126 Å². The number of benzene rings is 4. The summed E-state index contributed by atoms with van der Waals surface area (Å²) in [6.07, 6.45) is -1.21. The number of aromatic nitrogens is 2. The van der Waals surface area contributed by atoms with Crippen LogP contribution in [0.2, 0.25) is 0 Å². The fourth-order valence-electron chi connectivity index (χ4n) is 8.36. The second-order valence-electron chi connectivity index (χ2n) is 16.1. The number of amides is 1. The summed E-state index contributed by atoms with van der Waals surface area (Å²) in [7, 11) is 3.20. The van der Waals surface area contributed by atoms with Gasteiger partial charge in [-0.05, 0) is 86.8 Å². The van der Waals surface area contributed by atoms with Crippen molar-refractivity contribution in [2.24, 2.45) is 0 Å². The predicted octanol–water partition coefficient (Wildman–Crippen LogP) is 7.70. The highest BCUT2D eigenvalue weighted by Gasteiger charge is 2.64. The van der Waals surface area contributed by atoms with E-state index >= 15 is 0 Å². The van der Waals surface area contributed by atoms with Crippen molar-refractivity contribution in [2.75, 3.05) is 46.3 Å². The van der Waals surface area contributed by atoms with Crippen molar-refractivity contribution in [3.8, 4) is 17.6 Å². The van der Waals surface area contributed by atoms with Gasteiger partial charge in [0.1, 0.15) is 34.6 Å². The first-order valence-corrected chi connectivity index (χ1v) is 22.3. The standard InChI is InChI=1S/C48H55N6O9P/c1-33(2)54(34(3)4)64(60-30-14-28-49)63-43-42-45(53-29-27-41(51-46(53)56)50-44(55)35-15-10-8-11-16-35)61-47(43,31-52(5)62-42)32-59-48(36-17-12-9-13-18-36,37-19-23-39(57-6)24-20-37)38-21-25-40(58-7)26-22-38/h8-13,15-27,29,33-34,42-43,45H,14,30-32H2,1-7H3,(H,50,51,55,56)/t42-,43+,45-,47-,64?/m1/s1. The number of carbonyl (C=O) groups is 1. The van der Waals surface area contributed by atoms with Crippen LogP contribution in [-0.4, -0.2) is 96.1 Å². The molecule has 0 aliphatic carbocycles. The SMILES string of the molecule is COc1ccc(C(OC[C@@]23CN(C)O[C@@H]([C@H](n4ccc(NC(=O)c5ccccc5)nc4=O)O2)[C@@H]3OP(OCCC#N)N(C(C)C)C(C)C)(c2ccccc2)c2ccc(OC)cc2)cc1. The number of hydrogen-bond acceptors (Lipinski definition) is 13. The van der Waals surface area contributed by atoms with E-state index in [4.69, 9.17) is 32.8 Å². The van der Waals surface area contributed by atoms with E-state index in [0.717, 1.165) is 16.7 Å². The van der Waals surface area contributed by atoms with Crippen LogP contribution in [-0.2, 0) is 29.0 Å². The minimum atomic E-state index is -1.84. The van der Waals surface area contributed by atoms with Crippen molar-refractivity contribution < 1.29 is 37.6 Å². The van der Waals surface area contributed by atoms with Crippen molar-refractivity contribution in [1.29, 1.82) is 5.26 Å². The molecule has 16 heteroatoms. The molecule has 15 nitrogen and oxygen atoms in total. The van der Waals surface area contributed by atoms with Crippen LogP contribution >= 0.6 is 8.53 Å². The Morgan fingerprint density at radius 3 is 2.03 bits per heavy atom. The number of ether oxygens (including phenoxy) is 4. The topological polar surface area (TPSA) is 159 Å². The average molecular weight is 891 g/mol. The van der Waals surface area contributed by atoms with E-state index in [9.17, 15) is 14.9 Å². The molecule has 4 aromatic carbocycles. The summed E-state index contributed by atoms with van der Waals surface area (Å²) in [5, 5.41) is 13.9. The molecule has 64 heavy (non-hydrogen) atoms. The molecule has 1 amide bonds. The van der Waals surface area contributed by atoms with Gasteiger partial charge in [0.05, 0.1) is 46.5 Å². The molecule has 5 aromatic rings. The van der Waals surface area contributed by atoms with Gasteiger partial charge in [0.25, 0.3) is 14.4 Å². The van der Waals surface area contributed by atoms with Crippen LogP contribution < -0.4 is 20.5 Å². The Bertz CT molecular complexity index is 2360. The highest BCUT2D eigenvalue weighted by molar-refractivity contribution is 7.44. The molecule has 1 aromatic heterocycles. The third kappa shape index (κ3) is 9.75. The van der Waals surface area contributed by atoms with Crippen LogP contribution in [0.5, 0.6) is 11.5 Å². The van der Waals surface area contributed by atoms with E-state index in [1.165, 1.54) is 10.8 Å². The zero-order valence-corrected chi connectivity index (χ0v) is 38.0. The maximum Gasteiger partial charge on any atom is 0.351 e. The second-order valence-corrected chi connectivity index (χ2v) is 17.5. The quantitative estimate of drug-likeness (QED) is 0.0489. The summed E-state index contributed by atoms with van der Waals surface area (Å²) >= 11 is 0. The Morgan fingerprint density at radius 2 is 1.48 bits per heavy atom. The average Bonchev–Trinajstić information content (AvgIpc) is 3.48. The molecule has 2 aliphatic heterocycles. The van der Waals surface area contributed by atoms with E-state index in [2.05, 4.69) is 48.7 Å². The molecular weight excluding hydrogens is 836 g/mol. The first kappa shape index (κ1) is 46.5. The summed E-state index contributed by atoms with van der Waals surface area (Å²) < 4.78 is 43.0. The van der Waals surface area contributed by atoms with E-state index in [-0.39, 0.29) is 44.1 Å². The number of nitrogens with zero attached hydrogens (tertiary/aromatic N) is 5. The Morgan fingerprint density at radius 1 is 0.906 bits per heavy atom. The number of methoxy groups -OCH3 is 2. The van der Waals surface area contributed by atoms with Gasteiger partial charge in [-0.15, -0.1) is 0 Å². The van der Waals surface area contributed by atoms with Crippen molar-refractivity contribution in [2.45, 2.75) is 75.8 Å². The fraction of sp³-hybridized carbons (Fsp3) is 0.375.